The molecule has 0 amide bonds. The van der Waals surface area contributed by atoms with Crippen molar-refractivity contribution in [3.63, 3.8) is 0 Å². The Bertz CT molecular complexity index is 479. The van der Waals surface area contributed by atoms with Crippen molar-refractivity contribution in [1.29, 1.82) is 0 Å². The number of furan rings is 1. The Morgan fingerprint density at radius 3 is 2.67 bits per heavy atom. The van der Waals surface area contributed by atoms with E-state index in [1.165, 1.54) is 7.11 Å². The molecular formula is C14H15NO3. The minimum atomic E-state index is -0.455. The van der Waals surface area contributed by atoms with Crippen LogP contribution in [0.25, 0.3) is 0 Å². The van der Waals surface area contributed by atoms with E-state index in [0.29, 0.717) is 6.42 Å². The fourth-order valence-electron chi connectivity index (χ4n) is 1.70. The smallest absolute Gasteiger partial charge is 0.328 e. The summed E-state index contributed by atoms with van der Waals surface area (Å²) in [5.74, 6) is 0.434. The van der Waals surface area contributed by atoms with Crippen LogP contribution in [-0.4, -0.2) is 19.1 Å². The lowest BCUT2D eigenvalue weighted by Gasteiger charge is -2.16. The number of methoxy groups -OCH3 is 1. The maximum absolute atomic E-state index is 11.7. The first-order chi connectivity index (χ1) is 8.79. The summed E-state index contributed by atoms with van der Waals surface area (Å²) in [4.78, 5) is 11.7. The second kappa shape index (κ2) is 5.91. The third kappa shape index (κ3) is 3.13. The molecule has 1 heterocycles. The Hall–Kier alpha value is -2.23. The summed E-state index contributed by atoms with van der Waals surface area (Å²) in [7, 11) is 1.38. The minimum absolute atomic E-state index is 0.310. The molecule has 0 saturated heterocycles. The van der Waals surface area contributed by atoms with Gasteiger partial charge >= 0.3 is 5.97 Å². The number of ether oxygens (including phenoxy) is 1. The molecule has 94 valence electrons. The third-order valence-electron chi connectivity index (χ3n) is 2.59. The molecule has 2 rings (SSSR count). The predicted molar refractivity (Wildman–Crippen MR) is 68.3 cm³/mol. The Balaban J connectivity index is 2.08. The van der Waals surface area contributed by atoms with E-state index in [9.17, 15) is 4.79 Å². The van der Waals surface area contributed by atoms with Crippen LogP contribution in [0.3, 0.4) is 0 Å². The number of hydrogen-bond donors (Lipinski definition) is 1. The SMILES string of the molecule is COC(=O)C(Cc1ccco1)Nc1ccccc1. The normalized spacial score (nSPS) is 11.8. The maximum Gasteiger partial charge on any atom is 0.328 e. The van der Waals surface area contributed by atoms with E-state index in [2.05, 4.69) is 5.32 Å². The largest absolute Gasteiger partial charge is 0.469 e. The van der Waals surface area contributed by atoms with Crippen LogP contribution in [-0.2, 0) is 16.0 Å². The van der Waals surface area contributed by atoms with Crippen molar-refractivity contribution in [2.45, 2.75) is 12.5 Å². The minimum Gasteiger partial charge on any atom is -0.469 e. The average molecular weight is 245 g/mol. The molecule has 4 nitrogen and oxygen atoms in total. The van der Waals surface area contributed by atoms with Gasteiger partial charge in [0.15, 0.2) is 0 Å². The van der Waals surface area contributed by atoms with Gasteiger partial charge in [-0.05, 0) is 24.3 Å². The summed E-state index contributed by atoms with van der Waals surface area (Å²) in [5.41, 5.74) is 0.874. The van der Waals surface area contributed by atoms with Crippen LogP contribution in [0, 0.1) is 0 Å². The summed E-state index contributed by atoms with van der Waals surface area (Å²) < 4.78 is 10.0. The summed E-state index contributed by atoms with van der Waals surface area (Å²) >= 11 is 0. The number of esters is 1. The summed E-state index contributed by atoms with van der Waals surface area (Å²) in [6.45, 7) is 0. The fourth-order valence-corrected chi connectivity index (χ4v) is 1.70. The molecular weight excluding hydrogens is 230 g/mol. The van der Waals surface area contributed by atoms with E-state index >= 15 is 0 Å². The molecule has 0 fully saturated rings. The third-order valence-corrected chi connectivity index (χ3v) is 2.59. The Labute approximate surface area is 106 Å². The van der Waals surface area contributed by atoms with Crippen LogP contribution in [0.2, 0.25) is 0 Å². The van der Waals surface area contributed by atoms with Crippen LogP contribution < -0.4 is 5.32 Å². The van der Waals surface area contributed by atoms with E-state index in [1.54, 1.807) is 12.3 Å². The Morgan fingerprint density at radius 2 is 2.06 bits per heavy atom. The molecule has 18 heavy (non-hydrogen) atoms. The van der Waals surface area contributed by atoms with Gasteiger partial charge in [-0.1, -0.05) is 18.2 Å². The lowest BCUT2D eigenvalue weighted by molar-refractivity contribution is -0.141. The van der Waals surface area contributed by atoms with Crippen molar-refractivity contribution in [3.8, 4) is 0 Å². The van der Waals surface area contributed by atoms with Gasteiger partial charge in [-0.2, -0.15) is 0 Å². The number of para-hydroxylation sites is 1. The molecule has 1 unspecified atom stereocenters. The molecule has 0 aliphatic carbocycles. The van der Waals surface area contributed by atoms with Gasteiger partial charge in [0.05, 0.1) is 13.4 Å². The lowest BCUT2D eigenvalue weighted by Crippen LogP contribution is -2.32. The first-order valence-electron chi connectivity index (χ1n) is 5.71. The van der Waals surface area contributed by atoms with Gasteiger partial charge in [0.25, 0.3) is 0 Å². The highest BCUT2D eigenvalue weighted by molar-refractivity contribution is 5.79. The number of benzene rings is 1. The molecule has 1 N–H and O–H groups in total. The second-order valence-corrected chi connectivity index (χ2v) is 3.87. The number of hydrogen-bond acceptors (Lipinski definition) is 4. The van der Waals surface area contributed by atoms with E-state index in [-0.39, 0.29) is 5.97 Å². The maximum atomic E-state index is 11.7. The van der Waals surface area contributed by atoms with Crippen molar-refractivity contribution in [2.24, 2.45) is 0 Å². The first kappa shape index (κ1) is 12.2. The highest BCUT2D eigenvalue weighted by Gasteiger charge is 2.20. The van der Waals surface area contributed by atoms with E-state index in [1.807, 2.05) is 36.4 Å². The van der Waals surface area contributed by atoms with Gasteiger partial charge in [-0.15, -0.1) is 0 Å². The van der Waals surface area contributed by atoms with Crippen molar-refractivity contribution in [3.05, 3.63) is 54.5 Å². The summed E-state index contributed by atoms with van der Waals surface area (Å²) in [6.07, 6.45) is 2.04. The van der Waals surface area contributed by atoms with Crippen molar-refractivity contribution >= 4 is 11.7 Å². The molecule has 0 bridgehead atoms. The first-order valence-corrected chi connectivity index (χ1v) is 5.71. The van der Waals surface area contributed by atoms with Gasteiger partial charge in [-0.3, -0.25) is 0 Å². The zero-order valence-electron chi connectivity index (χ0n) is 10.1. The van der Waals surface area contributed by atoms with Crippen molar-refractivity contribution in [1.82, 2.24) is 0 Å². The molecule has 0 aliphatic heterocycles. The second-order valence-electron chi connectivity index (χ2n) is 3.87. The number of rotatable bonds is 5. The standard InChI is InChI=1S/C14H15NO3/c1-17-14(16)13(10-12-8-5-9-18-12)15-11-6-3-2-4-7-11/h2-9,13,15H,10H2,1H3. The number of carbonyl (C=O) groups is 1. The predicted octanol–water partition coefficient (Wildman–Crippen LogP) is 2.48. The van der Waals surface area contributed by atoms with Gasteiger partial charge < -0.3 is 14.5 Å². The van der Waals surface area contributed by atoms with Crippen LogP contribution >= 0.6 is 0 Å². The summed E-state index contributed by atoms with van der Waals surface area (Å²) in [5, 5.41) is 3.13. The quantitative estimate of drug-likeness (QED) is 0.822. The number of nitrogens with one attached hydrogen (secondary N) is 1. The molecule has 1 aromatic heterocycles. The molecule has 0 aliphatic rings. The molecule has 0 saturated carbocycles. The van der Waals surface area contributed by atoms with Gasteiger partial charge in [0, 0.05) is 12.1 Å². The lowest BCUT2D eigenvalue weighted by atomic mass is 10.1. The van der Waals surface area contributed by atoms with Crippen molar-refractivity contribution < 1.29 is 13.9 Å². The van der Waals surface area contributed by atoms with E-state index in [0.717, 1.165) is 11.4 Å². The molecule has 1 atom stereocenters. The zero-order chi connectivity index (χ0) is 12.8. The van der Waals surface area contributed by atoms with E-state index in [4.69, 9.17) is 9.15 Å². The van der Waals surface area contributed by atoms with Crippen LogP contribution in [0.15, 0.2) is 53.1 Å². The van der Waals surface area contributed by atoms with Crippen LogP contribution in [0.4, 0.5) is 5.69 Å². The van der Waals surface area contributed by atoms with Crippen LogP contribution in [0.1, 0.15) is 5.76 Å². The topological polar surface area (TPSA) is 51.5 Å². The van der Waals surface area contributed by atoms with Gasteiger partial charge in [-0.25, -0.2) is 4.79 Å². The molecule has 4 heteroatoms. The van der Waals surface area contributed by atoms with Gasteiger partial charge in [0.1, 0.15) is 11.8 Å². The molecule has 2 aromatic rings. The van der Waals surface area contributed by atoms with Crippen molar-refractivity contribution in [2.75, 3.05) is 12.4 Å². The van der Waals surface area contributed by atoms with E-state index < -0.39 is 6.04 Å². The summed E-state index contributed by atoms with van der Waals surface area (Å²) in [6, 6.07) is 12.7. The molecule has 1 aromatic carbocycles. The van der Waals surface area contributed by atoms with Gasteiger partial charge in [0.2, 0.25) is 0 Å². The van der Waals surface area contributed by atoms with Crippen LogP contribution in [0.5, 0.6) is 0 Å². The Kier molecular flexibility index (Phi) is 4.02. The Morgan fingerprint density at radius 1 is 1.28 bits per heavy atom. The monoisotopic (exact) mass is 245 g/mol. The number of carbonyl (C=O) groups excluding carboxylic acids is 1. The highest BCUT2D eigenvalue weighted by Crippen LogP contribution is 2.12. The zero-order valence-corrected chi connectivity index (χ0v) is 10.1. The highest BCUT2D eigenvalue weighted by atomic mass is 16.5. The number of anilines is 1. The molecule has 0 spiro atoms. The fraction of sp³-hybridized carbons (Fsp3) is 0.214. The average Bonchev–Trinajstić information content (AvgIpc) is 2.91. The molecule has 0 radical (unpaired) electrons.